The van der Waals surface area contributed by atoms with Crippen molar-refractivity contribution in [3.63, 3.8) is 0 Å². The van der Waals surface area contributed by atoms with E-state index in [9.17, 15) is 20.1 Å². The largest absolute Gasteiger partial charge is 0.507 e. The molecular formula is C25H37NO5. The monoisotopic (exact) mass is 431 g/mol. The van der Waals surface area contributed by atoms with Crippen molar-refractivity contribution in [3.05, 3.63) is 46.6 Å². The molecule has 1 amide bonds. The number of amides is 1. The van der Waals surface area contributed by atoms with Crippen LogP contribution in [0.4, 0.5) is 0 Å². The highest BCUT2D eigenvalue weighted by molar-refractivity contribution is 5.99. The molecule has 1 aliphatic carbocycles. The van der Waals surface area contributed by atoms with Gasteiger partial charge in [0, 0.05) is 18.0 Å². The zero-order valence-corrected chi connectivity index (χ0v) is 18.9. The van der Waals surface area contributed by atoms with Gasteiger partial charge in [0.1, 0.15) is 11.5 Å². The van der Waals surface area contributed by atoms with Gasteiger partial charge in [-0.05, 0) is 57.1 Å². The average molecular weight is 432 g/mol. The fourth-order valence-electron chi connectivity index (χ4n) is 4.34. The molecule has 0 radical (unpaired) electrons. The molecule has 1 aliphatic rings. The van der Waals surface area contributed by atoms with Crippen molar-refractivity contribution in [1.82, 2.24) is 5.32 Å². The van der Waals surface area contributed by atoms with E-state index in [0.29, 0.717) is 17.5 Å². The molecule has 0 aliphatic heterocycles. The van der Waals surface area contributed by atoms with Crippen LogP contribution in [0.2, 0.25) is 0 Å². The van der Waals surface area contributed by atoms with E-state index in [-0.39, 0.29) is 35.4 Å². The van der Waals surface area contributed by atoms with Crippen LogP contribution >= 0.6 is 0 Å². The number of nitrogens with one attached hydrogen (secondary N) is 1. The van der Waals surface area contributed by atoms with Crippen LogP contribution in [-0.4, -0.2) is 45.6 Å². The number of carbonyl (C=O) groups is 1. The topological polar surface area (TPSA) is 110 Å². The molecule has 31 heavy (non-hydrogen) atoms. The minimum Gasteiger partial charge on any atom is -0.507 e. The predicted octanol–water partition coefficient (Wildman–Crippen LogP) is 3.93. The number of phenols is 2. The van der Waals surface area contributed by atoms with Crippen LogP contribution in [0.15, 0.2) is 29.9 Å². The summed E-state index contributed by atoms with van der Waals surface area (Å²) in [6, 6.07) is 1.59. The van der Waals surface area contributed by atoms with Crippen LogP contribution < -0.4 is 5.32 Å². The second kappa shape index (κ2) is 11.3. The Morgan fingerprint density at radius 3 is 2.65 bits per heavy atom. The lowest BCUT2D eigenvalue weighted by atomic mass is 9.73. The summed E-state index contributed by atoms with van der Waals surface area (Å²) in [5, 5.41) is 43.4. The zero-order valence-electron chi connectivity index (χ0n) is 18.9. The van der Waals surface area contributed by atoms with Gasteiger partial charge in [-0.15, -0.1) is 0 Å². The van der Waals surface area contributed by atoms with Crippen molar-refractivity contribution < 1.29 is 25.2 Å². The number of rotatable bonds is 10. The summed E-state index contributed by atoms with van der Waals surface area (Å²) in [5.41, 5.74) is 3.19. The minimum absolute atomic E-state index is 0.0156. The smallest absolute Gasteiger partial charge is 0.255 e. The standard InChI is InChI=1S/C25H37NO5/c1-5-6-7-8-17-12-21(29)23(20-11-16(4)9-10-19(20)15(2)3)24(30)22(17)25(31)26-13-18(28)14-27/h11-12,18-20,27-30H,2,5-10,13-14H2,1,3-4H3,(H,26,31)/t18?,19-,20-/m1/s1. The van der Waals surface area contributed by atoms with Gasteiger partial charge in [-0.3, -0.25) is 4.79 Å². The van der Waals surface area contributed by atoms with Gasteiger partial charge in [-0.2, -0.15) is 0 Å². The quantitative estimate of drug-likeness (QED) is 0.285. The van der Waals surface area contributed by atoms with E-state index in [1.807, 2.05) is 19.9 Å². The molecule has 0 aromatic heterocycles. The van der Waals surface area contributed by atoms with E-state index in [1.54, 1.807) is 6.07 Å². The summed E-state index contributed by atoms with van der Waals surface area (Å²) >= 11 is 0. The molecule has 3 atom stereocenters. The van der Waals surface area contributed by atoms with Crippen LogP contribution in [-0.2, 0) is 6.42 Å². The third-order valence-electron chi connectivity index (χ3n) is 6.10. The van der Waals surface area contributed by atoms with Crippen molar-refractivity contribution in [2.24, 2.45) is 5.92 Å². The molecule has 0 heterocycles. The second-order valence-corrected chi connectivity index (χ2v) is 8.73. The van der Waals surface area contributed by atoms with Gasteiger partial charge in [0.2, 0.25) is 0 Å². The number of carbonyl (C=O) groups excluding carboxylic acids is 1. The summed E-state index contributed by atoms with van der Waals surface area (Å²) in [4.78, 5) is 13.0. The maximum Gasteiger partial charge on any atom is 0.255 e. The first-order valence-electron chi connectivity index (χ1n) is 11.2. The van der Waals surface area contributed by atoms with Gasteiger partial charge in [0.05, 0.1) is 18.3 Å². The van der Waals surface area contributed by atoms with Gasteiger partial charge < -0.3 is 25.7 Å². The van der Waals surface area contributed by atoms with E-state index < -0.39 is 18.6 Å². The number of unbranched alkanes of at least 4 members (excludes halogenated alkanes) is 2. The van der Waals surface area contributed by atoms with Crippen LogP contribution in [0.3, 0.4) is 0 Å². The summed E-state index contributed by atoms with van der Waals surface area (Å²) in [7, 11) is 0. The number of hydrogen-bond acceptors (Lipinski definition) is 5. The molecular weight excluding hydrogens is 394 g/mol. The Bertz CT molecular complexity index is 830. The fraction of sp³-hybridized carbons (Fsp3) is 0.560. The minimum atomic E-state index is -1.08. The molecule has 0 bridgehead atoms. The molecule has 1 unspecified atom stereocenters. The van der Waals surface area contributed by atoms with Gasteiger partial charge in [-0.25, -0.2) is 0 Å². The molecule has 6 heteroatoms. The lowest BCUT2D eigenvalue weighted by molar-refractivity contribution is 0.0799. The second-order valence-electron chi connectivity index (χ2n) is 8.73. The Balaban J connectivity index is 2.55. The molecule has 0 spiro atoms. The highest BCUT2D eigenvalue weighted by Gasteiger charge is 2.33. The van der Waals surface area contributed by atoms with E-state index in [0.717, 1.165) is 37.7 Å². The Labute approximate surface area is 185 Å². The third-order valence-corrected chi connectivity index (χ3v) is 6.10. The van der Waals surface area contributed by atoms with Crippen LogP contribution in [0.25, 0.3) is 0 Å². The lowest BCUT2D eigenvalue weighted by Gasteiger charge is -2.32. The van der Waals surface area contributed by atoms with Crippen molar-refractivity contribution in [2.45, 2.75) is 71.3 Å². The molecule has 1 aromatic rings. The number of aromatic hydroxyl groups is 2. The van der Waals surface area contributed by atoms with E-state index in [4.69, 9.17) is 5.11 Å². The number of allylic oxidation sites excluding steroid dienone is 3. The normalized spacial score (nSPS) is 19.6. The summed E-state index contributed by atoms with van der Waals surface area (Å²) in [6.07, 6.45) is 6.10. The van der Waals surface area contributed by atoms with E-state index in [1.165, 1.54) is 5.57 Å². The van der Waals surface area contributed by atoms with Crippen molar-refractivity contribution in [3.8, 4) is 11.5 Å². The maximum absolute atomic E-state index is 13.0. The molecule has 0 saturated carbocycles. The summed E-state index contributed by atoms with van der Waals surface area (Å²) in [5.74, 6) is -0.979. The number of aliphatic hydroxyl groups excluding tert-OH is 2. The molecule has 6 nitrogen and oxygen atoms in total. The molecule has 2 rings (SSSR count). The Morgan fingerprint density at radius 1 is 1.32 bits per heavy atom. The maximum atomic E-state index is 13.0. The Morgan fingerprint density at radius 2 is 2.03 bits per heavy atom. The van der Waals surface area contributed by atoms with E-state index in [2.05, 4.69) is 18.8 Å². The van der Waals surface area contributed by atoms with Crippen molar-refractivity contribution in [1.29, 1.82) is 0 Å². The average Bonchev–Trinajstić information content (AvgIpc) is 2.71. The Kier molecular flexibility index (Phi) is 9.14. The SMILES string of the molecule is C=C(C)[C@H]1CCC(C)=C[C@H]1c1c(O)cc(CCCCC)c(C(=O)NCC(O)CO)c1O. The number of benzene rings is 1. The molecule has 172 valence electrons. The summed E-state index contributed by atoms with van der Waals surface area (Å²) < 4.78 is 0. The van der Waals surface area contributed by atoms with Gasteiger partial charge in [-0.1, -0.05) is 43.6 Å². The van der Waals surface area contributed by atoms with Crippen molar-refractivity contribution >= 4 is 5.91 Å². The zero-order chi connectivity index (χ0) is 23.1. The van der Waals surface area contributed by atoms with E-state index >= 15 is 0 Å². The molecule has 0 saturated heterocycles. The first-order valence-corrected chi connectivity index (χ1v) is 11.2. The van der Waals surface area contributed by atoms with Crippen LogP contribution in [0.5, 0.6) is 11.5 Å². The molecule has 0 fully saturated rings. The highest BCUT2D eigenvalue weighted by atomic mass is 16.3. The third kappa shape index (κ3) is 6.11. The summed E-state index contributed by atoms with van der Waals surface area (Å²) in [6.45, 7) is 9.56. The predicted molar refractivity (Wildman–Crippen MR) is 122 cm³/mol. The van der Waals surface area contributed by atoms with Gasteiger partial charge in [0.15, 0.2) is 0 Å². The molecule has 5 N–H and O–H groups in total. The lowest BCUT2D eigenvalue weighted by Crippen LogP contribution is -2.34. The first kappa shape index (κ1) is 25.0. The van der Waals surface area contributed by atoms with Crippen molar-refractivity contribution in [2.75, 3.05) is 13.2 Å². The van der Waals surface area contributed by atoms with Crippen LogP contribution in [0, 0.1) is 5.92 Å². The number of aliphatic hydroxyl groups is 2. The number of aryl methyl sites for hydroxylation is 1. The first-order chi connectivity index (χ1) is 14.7. The number of hydrogen-bond donors (Lipinski definition) is 5. The molecule has 1 aromatic carbocycles. The van der Waals surface area contributed by atoms with Gasteiger partial charge in [0.25, 0.3) is 5.91 Å². The highest BCUT2D eigenvalue weighted by Crippen LogP contribution is 2.48. The van der Waals surface area contributed by atoms with Gasteiger partial charge >= 0.3 is 0 Å². The van der Waals surface area contributed by atoms with Crippen LogP contribution in [0.1, 0.15) is 80.3 Å². The fourth-order valence-corrected chi connectivity index (χ4v) is 4.34. The number of phenolic OH excluding ortho intramolecular Hbond substituents is 2. The Hall–Kier alpha value is -2.31.